The van der Waals surface area contributed by atoms with E-state index < -0.39 is 11.3 Å². The van der Waals surface area contributed by atoms with Gasteiger partial charge in [0.2, 0.25) is 5.91 Å². The minimum atomic E-state index is -0.726. The quantitative estimate of drug-likeness (QED) is 0.822. The summed E-state index contributed by atoms with van der Waals surface area (Å²) in [6.07, 6.45) is 1.42. The van der Waals surface area contributed by atoms with Crippen LogP contribution in [0.2, 0.25) is 0 Å². The molecule has 2 aromatic rings. The highest BCUT2D eigenvalue weighted by molar-refractivity contribution is 6.00. The Morgan fingerprint density at radius 1 is 1.38 bits per heavy atom. The maximum atomic E-state index is 12.0. The molecule has 1 aliphatic carbocycles. The summed E-state index contributed by atoms with van der Waals surface area (Å²) in [5.74, 6) is -0.574. The maximum absolute atomic E-state index is 12.0. The van der Waals surface area contributed by atoms with Crippen LogP contribution in [-0.4, -0.2) is 41.6 Å². The number of anilines is 1. The zero-order valence-electron chi connectivity index (χ0n) is 13.6. The fourth-order valence-electron chi connectivity index (χ4n) is 2.27. The molecule has 0 spiro atoms. The zero-order chi connectivity index (χ0) is 15.9. The van der Waals surface area contributed by atoms with Crippen LogP contribution in [0.4, 0.5) is 5.69 Å². The molecule has 0 atom stereocenters. The number of benzene rings is 1. The van der Waals surface area contributed by atoms with Gasteiger partial charge in [0.05, 0.1) is 11.1 Å². The molecule has 1 aromatic carbocycles. The Labute approximate surface area is 152 Å². The summed E-state index contributed by atoms with van der Waals surface area (Å²) < 4.78 is 6.79. The van der Waals surface area contributed by atoms with Crippen LogP contribution in [0, 0.1) is 0 Å². The molecule has 1 amide bonds. The van der Waals surface area contributed by atoms with E-state index in [0.717, 1.165) is 6.54 Å². The largest absolute Gasteiger partial charge is 0.419 e. The van der Waals surface area contributed by atoms with Crippen LogP contribution >= 0.6 is 24.8 Å². The molecule has 1 fully saturated rings. The first kappa shape index (κ1) is 20.5. The fraction of sp³-hybridized carbons (Fsp3) is 0.467. The van der Waals surface area contributed by atoms with Gasteiger partial charge in [0, 0.05) is 18.8 Å². The number of hydrogen-bond donors (Lipinski definition) is 2. The molecule has 7 nitrogen and oxygen atoms in total. The topological polar surface area (TPSA) is 93.5 Å². The lowest BCUT2D eigenvalue weighted by Crippen LogP contribution is -2.37. The number of nitrogens with zero attached hydrogens (tertiary/aromatic N) is 2. The number of carbonyl (C=O) groups excluding carboxylic acids is 1. The molecule has 24 heavy (non-hydrogen) atoms. The van der Waals surface area contributed by atoms with Crippen molar-refractivity contribution in [3.63, 3.8) is 0 Å². The number of hydrogen-bond acceptors (Lipinski definition) is 5. The predicted molar refractivity (Wildman–Crippen MR) is 98.3 cm³/mol. The van der Waals surface area contributed by atoms with Crippen molar-refractivity contribution in [2.75, 3.05) is 26.0 Å². The molecule has 1 aliphatic rings. The molecule has 0 radical (unpaired) electrons. The number of rotatable bonds is 5. The molecule has 0 aliphatic heterocycles. The van der Waals surface area contributed by atoms with Gasteiger partial charge in [-0.1, -0.05) is 0 Å². The molecule has 1 saturated carbocycles. The van der Waals surface area contributed by atoms with Crippen LogP contribution < -0.4 is 16.8 Å². The number of aromatic nitrogens is 1. The van der Waals surface area contributed by atoms with Crippen molar-refractivity contribution in [3.05, 3.63) is 28.7 Å². The second-order valence-corrected chi connectivity index (χ2v) is 6.12. The lowest BCUT2D eigenvalue weighted by molar-refractivity contribution is -0.118. The highest BCUT2D eigenvalue weighted by atomic mass is 35.5. The molecular weight excluding hydrogens is 355 g/mol. The van der Waals surface area contributed by atoms with Gasteiger partial charge in [-0.2, -0.15) is 0 Å². The standard InChI is InChI=1S/C15H20N4O3.2ClH/c1-18(2)7-8-19-11-9-10(3-4-12(11)22-14(19)21)17-13(20)15(16)5-6-15;;/h3-4,9H,5-8,16H2,1-2H3,(H,17,20);2*1H. The third-order valence-corrected chi connectivity index (χ3v) is 3.94. The summed E-state index contributed by atoms with van der Waals surface area (Å²) in [6, 6.07) is 5.15. The van der Waals surface area contributed by atoms with Gasteiger partial charge in [0.1, 0.15) is 0 Å². The number of amides is 1. The van der Waals surface area contributed by atoms with Crippen molar-refractivity contribution in [2.45, 2.75) is 24.9 Å². The molecule has 1 aromatic heterocycles. The first-order chi connectivity index (χ1) is 10.4. The van der Waals surface area contributed by atoms with Crippen LogP contribution in [0.25, 0.3) is 11.1 Å². The van der Waals surface area contributed by atoms with E-state index in [1.807, 2.05) is 19.0 Å². The summed E-state index contributed by atoms with van der Waals surface area (Å²) in [4.78, 5) is 25.9. The molecule has 1 heterocycles. The minimum absolute atomic E-state index is 0. The Bertz CT molecular complexity index is 781. The SMILES string of the molecule is CN(C)CCn1c(=O)oc2ccc(NC(=O)C3(N)CC3)cc21.Cl.Cl. The third kappa shape index (κ3) is 4.10. The van der Waals surface area contributed by atoms with Crippen molar-refractivity contribution in [1.82, 2.24) is 9.47 Å². The highest BCUT2D eigenvalue weighted by Gasteiger charge is 2.45. The molecule has 9 heteroatoms. The summed E-state index contributed by atoms with van der Waals surface area (Å²) in [7, 11) is 3.88. The summed E-state index contributed by atoms with van der Waals surface area (Å²) in [6.45, 7) is 1.24. The van der Waals surface area contributed by atoms with Crippen molar-refractivity contribution in [2.24, 2.45) is 5.73 Å². The molecule has 3 rings (SSSR count). The normalized spacial score (nSPS) is 14.8. The van der Waals surface area contributed by atoms with Crippen LogP contribution in [0.1, 0.15) is 12.8 Å². The van der Waals surface area contributed by atoms with Gasteiger partial charge in [-0.3, -0.25) is 9.36 Å². The first-order valence-corrected chi connectivity index (χ1v) is 7.27. The lowest BCUT2D eigenvalue weighted by atomic mass is 10.2. The number of nitrogens with two attached hydrogens (primary N) is 1. The Kier molecular flexibility index (Phi) is 6.46. The second kappa shape index (κ2) is 7.57. The average molecular weight is 377 g/mol. The molecule has 134 valence electrons. The summed E-state index contributed by atoms with van der Waals surface area (Å²) >= 11 is 0. The van der Waals surface area contributed by atoms with Gasteiger partial charge in [-0.15, -0.1) is 24.8 Å². The smallest absolute Gasteiger partial charge is 0.408 e. The number of nitrogens with one attached hydrogen (secondary N) is 1. The van der Waals surface area contributed by atoms with E-state index in [0.29, 0.717) is 36.2 Å². The lowest BCUT2D eigenvalue weighted by Gasteiger charge is -2.11. The van der Waals surface area contributed by atoms with Gasteiger partial charge in [-0.25, -0.2) is 4.79 Å². The van der Waals surface area contributed by atoms with Crippen molar-refractivity contribution >= 4 is 47.5 Å². The number of fused-ring (bicyclic) bond motifs is 1. The molecule has 3 N–H and O–H groups in total. The maximum Gasteiger partial charge on any atom is 0.419 e. The molecule has 0 bridgehead atoms. The van der Waals surface area contributed by atoms with Crippen molar-refractivity contribution < 1.29 is 9.21 Å². The van der Waals surface area contributed by atoms with E-state index in [2.05, 4.69) is 5.32 Å². The Morgan fingerprint density at radius 3 is 2.62 bits per heavy atom. The number of oxazole rings is 1. The van der Waals surface area contributed by atoms with Crippen LogP contribution in [0.15, 0.2) is 27.4 Å². The second-order valence-electron chi connectivity index (χ2n) is 6.12. The zero-order valence-corrected chi connectivity index (χ0v) is 15.2. The monoisotopic (exact) mass is 376 g/mol. The summed E-state index contributed by atoms with van der Waals surface area (Å²) in [5, 5.41) is 2.81. The van der Waals surface area contributed by atoms with Gasteiger partial charge >= 0.3 is 5.76 Å². The van der Waals surface area contributed by atoms with E-state index in [1.165, 1.54) is 0 Å². The fourth-order valence-corrected chi connectivity index (χ4v) is 2.27. The third-order valence-electron chi connectivity index (χ3n) is 3.94. The molecule has 0 saturated heterocycles. The Hall–Kier alpha value is -1.54. The van der Waals surface area contributed by atoms with Gasteiger partial charge in [-0.05, 0) is 45.1 Å². The van der Waals surface area contributed by atoms with Gasteiger partial charge in [0.15, 0.2) is 5.58 Å². The molecule has 0 unspecified atom stereocenters. The minimum Gasteiger partial charge on any atom is -0.408 e. The van der Waals surface area contributed by atoms with Crippen LogP contribution in [0.5, 0.6) is 0 Å². The Morgan fingerprint density at radius 2 is 2.04 bits per heavy atom. The van der Waals surface area contributed by atoms with E-state index in [4.69, 9.17) is 10.2 Å². The number of halogens is 2. The van der Waals surface area contributed by atoms with E-state index in [-0.39, 0.29) is 30.7 Å². The van der Waals surface area contributed by atoms with Crippen molar-refractivity contribution in [1.29, 1.82) is 0 Å². The number of likely N-dealkylation sites (N-methyl/N-ethyl adjacent to an activating group) is 1. The van der Waals surface area contributed by atoms with E-state index in [1.54, 1.807) is 22.8 Å². The van der Waals surface area contributed by atoms with E-state index in [9.17, 15) is 9.59 Å². The van der Waals surface area contributed by atoms with Gasteiger partial charge in [0.25, 0.3) is 0 Å². The van der Waals surface area contributed by atoms with Crippen molar-refractivity contribution in [3.8, 4) is 0 Å². The summed E-state index contributed by atoms with van der Waals surface area (Å²) in [5.41, 5.74) is 6.95. The average Bonchev–Trinajstić information content (AvgIpc) is 3.12. The van der Waals surface area contributed by atoms with E-state index >= 15 is 0 Å². The van der Waals surface area contributed by atoms with Crippen LogP contribution in [0.3, 0.4) is 0 Å². The Balaban J connectivity index is 0.00000144. The van der Waals surface area contributed by atoms with Crippen LogP contribution in [-0.2, 0) is 11.3 Å². The van der Waals surface area contributed by atoms with Gasteiger partial charge < -0.3 is 20.4 Å². The number of carbonyl (C=O) groups is 1. The highest BCUT2D eigenvalue weighted by Crippen LogP contribution is 2.33. The first-order valence-electron chi connectivity index (χ1n) is 7.27. The molecular formula is C15H22Cl2N4O3. The predicted octanol–water partition coefficient (Wildman–Crippen LogP) is 1.43.